The number of nitrogens with two attached hydrogens (primary N) is 1. The number of hydrogen-bond donors (Lipinski definition) is 2. The van der Waals surface area contributed by atoms with Crippen LogP contribution in [0.3, 0.4) is 0 Å². The van der Waals surface area contributed by atoms with Crippen molar-refractivity contribution in [3.63, 3.8) is 0 Å². The maximum atomic E-state index is 14.8. The molecule has 2 amide bonds. The molecular weight excluding hydrogens is 481 g/mol. The van der Waals surface area contributed by atoms with Crippen LogP contribution in [-0.2, 0) is 4.79 Å². The highest BCUT2D eigenvalue weighted by Crippen LogP contribution is 2.63. The van der Waals surface area contributed by atoms with Crippen molar-refractivity contribution in [2.75, 3.05) is 0 Å². The quantitative estimate of drug-likeness (QED) is 0.541. The first kappa shape index (κ1) is 25.4. The Balaban J connectivity index is 0.000000271. The Morgan fingerprint density at radius 2 is 1.71 bits per heavy atom. The van der Waals surface area contributed by atoms with Gasteiger partial charge in [0.1, 0.15) is 23.6 Å². The van der Waals surface area contributed by atoms with Crippen molar-refractivity contribution in [2.45, 2.75) is 69.5 Å². The Morgan fingerprint density at radius 3 is 2.23 bits per heavy atom. The lowest BCUT2D eigenvalue weighted by molar-refractivity contribution is -0.126. The van der Waals surface area contributed by atoms with Gasteiger partial charge in [-0.1, -0.05) is 24.4 Å². The molecule has 3 aliphatic carbocycles. The van der Waals surface area contributed by atoms with Gasteiger partial charge in [0.25, 0.3) is 5.91 Å². The van der Waals surface area contributed by atoms with E-state index in [0.717, 1.165) is 31.7 Å². The van der Waals surface area contributed by atoms with Crippen molar-refractivity contribution in [2.24, 2.45) is 17.1 Å². The fourth-order valence-electron chi connectivity index (χ4n) is 5.78. The van der Waals surface area contributed by atoms with Crippen LogP contribution >= 0.6 is 11.6 Å². The molecule has 6 nitrogen and oxygen atoms in total. The summed E-state index contributed by atoms with van der Waals surface area (Å²) in [7, 11) is 0. The van der Waals surface area contributed by atoms with E-state index in [0.29, 0.717) is 31.2 Å². The van der Waals surface area contributed by atoms with Crippen LogP contribution in [0.25, 0.3) is 0 Å². The van der Waals surface area contributed by atoms with E-state index in [9.17, 15) is 22.8 Å². The fourth-order valence-corrected chi connectivity index (χ4v) is 5.95. The van der Waals surface area contributed by atoms with Gasteiger partial charge in [0, 0.05) is 23.9 Å². The summed E-state index contributed by atoms with van der Waals surface area (Å²) in [6.07, 6.45) is 9.67. The number of primary amides is 1. The lowest BCUT2D eigenvalue weighted by Crippen LogP contribution is -2.42. The van der Waals surface area contributed by atoms with Gasteiger partial charge in [0.05, 0.1) is 16.6 Å². The molecule has 2 aromatic rings. The van der Waals surface area contributed by atoms with E-state index >= 15 is 0 Å². The van der Waals surface area contributed by atoms with Crippen LogP contribution in [0.15, 0.2) is 30.9 Å². The van der Waals surface area contributed by atoms with Gasteiger partial charge in [-0.15, -0.1) is 0 Å². The number of halogens is 4. The minimum absolute atomic E-state index is 0.128. The van der Waals surface area contributed by atoms with Gasteiger partial charge in [0.2, 0.25) is 5.91 Å². The first-order valence-corrected chi connectivity index (χ1v) is 12.2. The molecule has 10 heteroatoms. The van der Waals surface area contributed by atoms with Gasteiger partial charge in [-0.3, -0.25) is 9.59 Å². The number of nitrogens with zero attached hydrogens (tertiary/aromatic N) is 2. The largest absolute Gasteiger partial charge is 0.366 e. The molecule has 1 aromatic carbocycles. The Hall–Kier alpha value is -2.68. The van der Waals surface area contributed by atoms with Gasteiger partial charge in [0.15, 0.2) is 0 Å². The number of alkyl halides is 1. The Morgan fingerprint density at radius 1 is 1.09 bits per heavy atom. The molecule has 5 rings (SSSR count). The number of hydrogen-bond acceptors (Lipinski definition) is 4. The highest BCUT2D eigenvalue weighted by Gasteiger charge is 2.59. The maximum Gasteiger partial charge on any atom is 0.251 e. The zero-order valence-electron chi connectivity index (χ0n) is 19.2. The summed E-state index contributed by atoms with van der Waals surface area (Å²) in [6, 6.07) is 1.42. The zero-order valence-corrected chi connectivity index (χ0v) is 20.0. The Labute approximate surface area is 206 Å². The number of nitrogens with one attached hydrogen (secondary N) is 1. The summed E-state index contributed by atoms with van der Waals surface area (Å²) >= 11 is 5.90. The van der Waals surface area contributed by atoms with Gasteiger partial charge in [-0.25, -0.2) is 23.1 Å². The topological polar surface area (TPSA) is 98.0 Å². The van der Waals surface area contributed by atoms with Crippen molar-refractivity contribution in [1.82, 2.24) is 15.3 Å². The molecule has 0 saturated heterocycles. The maximum absolute atomic E-state index is 14.8. The number of rotatable bonds is 5. The minimum Gasteiger partial charge on any atom is -0.366 e. The molecule has 188 valence electrons. The van der Waals surface area contributed by atoms with Crippen molar-refractivity contribution in [3.05, 3.63) is 58.6 Å². The van der Waals surface area contributed by atoms with Crippen molar-refractivity contribution >= 4 is 23.4 Å². The second-order valence-electron chi connectivity index (χ2n) is 9.86. The first-order valence-electron chi connectivity index (χ1n) is 11.8. The molecule has 0 spiro atoms. The molecule has 1 heterocycles. The van der Waals surface area contributed by atoms with Crippen LogP contribution < -0.4 is 11.1 Å². The highest BCUT2D eigenvalue weighted by molar-refractivity contribution is 6.30. The normalized spacial score (nSPS) is 26.2. The number of benzene rings is 1. The SMILES string of the molecule is NC(=O)c1cncnc1.O=C(NC(c1c(F)ccc(Cl)c1F)C12CCC(F)(CC1)C2)C1CCCC1. The Kier molecular flexibility index (Phi) is 7.35. The number of carbonyl (C=O) groups is 2. The minimum atomic E-state index is -1.28. The lowest BCUT2D eigenvalue weighted by atomic mass is 9.74. The number of amides is 2. The van der Waals surface area contributed by atoms with E-state index in [4.69, 9.17) is 17.3 Å². The predicted molar refractivity (Wildman–Crippen MR) is 124 cm³/mol. The summed E-state index contributed by atoms with van der Waals surface area (Å²) in [4.78, 5) is 30.3. The number of fused-ring (bicyclic) bond motifs is 2. The van der Waals surface area contributed by atoms with E-state index in [1.54, 1.807) is 0 Å². The molecule has 0 radical (unpaired) electrons. The average Bonchev–Trinajstić information content (AvgIpc) is 3.58. The second kappa shape index (κ2) is 10.1. The third kappa shape index (κ3) is 5.29. The summed E-state index contributed by atoms with van der Waals surface area (Å²) < 4.78 is 44.2. The van der Waals surface area contributed by atoms with Crippen molar-refractivity contribution < 1.29 is 22.8 Å². The van der Waals surface area contributed by atoms with Crippen LogP contribution in [0, 0.1) is 23.0 Å². The van der Waals surface area contributed by atoms with Gasteiger partial charge < -0.3 is 11.1 Å². The molecule has 3 saturated carbocycles. The third-order valence-electron chi connectivity index (χ3n) is 7.65. The van der Waals surface area contributed by atoms with Crippen LogP contribution in [-0.4, -0.2) is 27.5 Å². The summed E-state index contributed by atoms with van der Waals surface area (Å²) in [5.74, 6) is -2.39. The van der Waals surface area contributed by atoms with Crippen LogP contribution in [0.5, 0.6) is 0 Å². The summed E-state index contributed by atoms with van der Waals surface area (Å²) in [5.41, 5.74) is 3.09. The van der Waals surface area contributed by atoms with Crippen LogP contribution in [0.1, 0.15) is 79.8 Å². The van der Waals surface area contributed by atoms with E-state index in [1.165, 1.54) is 24.8 Å². The van der Waals surface area contributed by atoms with E-state index in [-0.39, 0.29) is 28.8 Å². The van der Waals surface area contributed by atoms with E-state index < -0.39 is 34.7 Å². The highest BCUT2D eigenvalue weighted by atomic mass is 35.5. The van der Waals surface area contributed by atoms with Crippen molar-refractivity contribution in [3.8, 4) is 0 Å². The Bertz CT molecular complexity index is 1090. The van der Waals surface area contributed by atoms with Gasteiger partial charge >= 0.3 is 0 Å². The molecule has 3 aliphatic rings. The second-order valence-corrected chi connectivity index (χ2v) is 10.3. The molecule has 2 bridgehead atoms. The average molecular weight is 509 g/mol. The number of aromatic nitrogens is 2. The summed E-state index contributed by atoms with van der Waals surface area (Å²) in [5, 5.41) is 2.74. The molecule has 3 fully saturated rings. The zero-order chi connectivity index (χ0) is 25.2. The molecule has 1 unspecified atom stereocenters. The number of carbonyl (C=O) groups excluding carboxylic acids is 2. The smallest absolute Gasteiger partial charge is 0.251 e. The standard InChI is InChI=1S/C20H23ClF3NO.C5H5N3O/c21-13-5-6-14(22)15(16(13)23)17(25-18(26)12-3-1-2-4-12)19-7-9-20(24,11-19)10-8-19;6-5(9)4-1-7-3-8-2-4/h5-6,12,17H,1-4,7-11H2,(H,25,26);1-3H,(H2,6,9). The molecular formula is C25H28ClF3N4O2. The molecule has 3 N–H and O–H groups in total. The van der Waals surface area contributed by atoms with Crippen LogP contribution in [0.4, 0.5) is 13.2 Å². The predicted octanol–water partition coefficient (Wildman–Crippen LogP) is 5.21. The third-order valence-corrected chi connectivity index (χ3v) is 7.94. The van der Waals surface area contributed by atoms with Gasteiger partial charge in [-0.05, 0) is 62.5 Å². The fraction of sp³-hybridized carbons (Fsp3) is 0.520. The van der Waals surface area contributed by atoms with E-state index in [2.05, 4.69) is 15.3 Å². The molecule has 1 aromatic heterocycles. The van der Waals surface area contributed by atoms with Gasteiger partial charge in [-0.2, -0.15) is 0 Å². The lowest BCUT2D eigenvalue weighted by Gasteiger charge is -2.37. The molecule has 0 aliphatic heterocycles. The van der Waals surface area contributed by atoms with Crippen LogP contribution in [0.2, 0.25) is 5.02 Å². The first-order chi connectivity index (χ1) is 16.6. The van der Waals surface area contributed by atoms with Crippen molar-refractivity contribution in [1.29, 1.82) is 0 Å². The van der Waals surface area contributed by atoms with E-state index in [1.807, 2.05) is 0 Å². The molecule has 1 atom stereocenters. The monoisotopic (exact) mass is 508 g/mol. The molecule has 35 heavy (non-hydrogen) atoms. The summed E-state index contributed by atoms with van der Waals surface area (Å²) in [6.45, 7) is 0.